The van der Waals surface area contributed by atoms with Gasteiger partial charge < -0.3 is 20.5 Å². The molecule has 1 heterocycles. The number of aliphatic hydroxyl groups is 1. The third-order valence-corrected chi connectivity index (χ3v) is 5.62. The molecule has 3 aromatic carbocycles. The molecular weight excluding hydrogens is 402 g/mol. The van der Waals surface area contributed by atoms with E-state index in [4.69, 9.17) is 4.74 Å². The number of likely N-dealkylation sites (tertiary alicyclic amines) is 1. The molecule has 0 atom stereocenters. The van der Waals surface area contributed by atoms with E-state index < -0.39 is 0 Å². The lowest BCUT2D eigenvalue weighted by Gasteiger charge is -2.32. The quantitative estimate of drug-likeness (QED) is 0.490. The topological polar surface area (TPSA) is 73.8 Å². The first-order chi connectivity index (χ1) is 15.7. The lowest BCUT2D eigenvalue weighted by Crippen LogP contribution is -2.42. The van der Waals surface area contributed by atoms with Crippen molar-refractivity contribution in [2.75, 3.05) is 30.3 Å². The Kier molecular flexibility index (Phi) is 7.38. The molecule has 3 N–H and O–H groups in total. The van der Waals surface area contributed by atoms with Crippen molar-refractivity contribution in [2.24, 2.45) is 0 Å². The maximum atomic E-state index is 12.5. The van der Waals surface area contributed by atoms with Crippen LogP contribution in [-0.4, -0.2) is 41.6 Å². The molecule has 1 aliphatic heterocycles. The number of para-hydroxylation sites is 2. The van der Waals surface area contributed by atoms with Crippen LogP contribution in [0.1, 0.15) is 18.4 Å². The summed E-state index contributed by atoms with van der Waals surface area (Å²) >= 11 is 0. The zero-order valence-electron chi connectivity index (χ0n) is 18.0. The monoisotopic (exact) mass is 431 g/mol. The number of ether oxygens (including phenoxy) is 1. The summed E-state index contributed by atoms with van der Waals surface area (Å²) in [5.41, 5.74) is 2.66. The minimum absolute atomic E-state index is 0.0150. The Balaban J connectivity index is 1.21. The highest BCUT2D eigenvalue weighted by Gasteiger charge is 2.21. The first-order valence-corrected chi connectivity index (χ1v) is 11.0. The predicted octanol–water partition coefficient (Wildman–Crippen LogP) is 4.49. The number of nitrogens with one attached hydrogen (secondary N) is 2. The summed E-state index contributed by atoms with van der Waals surface area (Å²) in [6.07, 6.45) is 1.91. The molecule has 6 nitrogen and oxygen atoms in total. The summed E-state index contributed by atoms with van der Waals surface area (Å²) in [5.74, 6) is 1.49. The van der Waals surface area contributed by atoms with Gasteiger partial charge in [-0.15, -0.1) is 0 Å². The number of hydrogen-bond acceptors (Lipinski definition) is 5. The van der Waals surface area contributed by atoms with Gasteiger partial charge in [0.1, 0.15) is 11.5 Å². The highest BCUT2D eigenvalue weighted by Crippen LogP contribution is 2.23. The average Bonchev–Trinajstić information content (AvgIpc) is 2.83. The molecule has 1 amide bonds. The van der Waals surface area contributed by atoms with Crippen molar-refractivity contribution in [3.8, 4) is 11.5 Å². The molecule has 0 aliphatic carbocycles. The lowest BCUT2D eigenvalue weighted by atomic mass is 10.0. The van der Waals surface area contributed by atoms with Gasteiger partial charge in [-0.2, -0.15) is 0 Å². The van der Waals surface area contributed by atoms with E-state index in [1.807, 2.05) is 78.9 Å². The molecule has 0 radical (unpaired) electrons. The average molecular weight is 432 g/mol. The summed E-state index contributed by atoms with van der Waals surface area (Å²) < 4.78 is 5.79. The minimum atomic E-state index is -0.0150. The molecule has 1 saturated heterocycles. The van der Waals surface area contributed by atoms with Crippen molar-refractivity contribution in [3.05, 3.63) is 84.4 Å². The molecular formula is C26H29N3O3. The molecule has 0 unspecified atom stereocenters. The summed E-state index contributed by atoms with van der Waals surface area (Å²) in [5, 5.41) is 16.0. The number of anilines is 2. The molecule has 6 heteroatoms. The van der Waals surface area contributed by atoms with Crippen LogP contribution in [0, 0.1) is 0 Å². The van der Waals surface area contributed by atoms with Crippen LogP contribution in [0.3, 0.4) is 0 Å². The summed E-state index contributed by atoms with van der Waals surface area (Å²) in [7, 11) is 0. The van der Waals surface area contributed by atoms with Gasteiger partial charge >= 0.3 is 0 Å². The second kappa shape index (κ2) is 10.8. The number of benzene rings is 3. The highest BCUT2D eigenvalue weighted by atomic mass is 16.5. The first kappa shape index (κ1) is 21.9. The number of piperidine rings is 1. The van der Waals surface area contributed by atoms with Gasteiger partial charge in [0, 0.05) is 36.1 Å². The normalized spacial score (nSPS) is 14.7. The fourth-order valence-corrected chi connectivity index (χ4v) is 3.89. The Bertz CT molecular complexity index is 1000. The van der Waals surface area contributed by atoms with Crippen molar-refractivity contribution in [1.29, 1.82) is 0 Å². The molecule has 166 valence electrons. The SMILES string of the molecule is O=C(CN1CCC(Nc2ccccc2CO)CC1)Nc1ccc(Oc2ccccc2)cc1. The third kappa shape index (κ3) is 6.09. The number of hydrogen-bond donors (Lipinski definition) is 3. The van der Waals surface area contributed by atoms with Crippen LogP contribution in [0.15, 0.2) is 78.9 Å². The van der Waals surface area contributed by atoms with Crippen molar-refractivity contribution < 1.29 is 14.6 Å². The molecule has 4 rings (SSSR count). The van der Waals surface area contributed by atoms with Crippen molar-refractivity contribution in [2.45, 2.75) is 25.5 Å². The van der Waals surface area contributed by atoms with Crippen LogP contribution in [-0.2, 0) is 11.4 Å². The van der Waals surface area contributed by atoms with Gasteiger partial charge in [-0.05, 0) is 55.3 Å². The smallest absolute Gasteiger partial charge is 0.238 e. The molecule has 0 saturated carbocycles. The second-order valence-electron chi connectivity index (χ2n) is 8.00. The van der Waals surface area contributed by atoms with E-state index >= 15 is 0 Å². The van der Waals surface area contributed by atoms with E-state index in [1.54, 1.807) is 0 Å². The molecule has 0 spiro atoms. The van der Waals surface area contributed by atoms with Gasteiger partial charge in [0.25, 0.3) is 0 Å². The molecule has 32 heavy (non-hydrogen) atoms. The fourth-order valence-electron chi connectivity index (χ4n) is 3.89. The molecule has 0 bridgehead atoms. The number of carbonyl (C=O) groups is 1. The number of aliphatic hydroxyl groups excluding tert-OH is 1. The molecule has 0 aromatic heterocycles. The third-order valence-electron chi connectivity index (χ3n) is 5.62. The number of nitrogens with zero attached hydrogens (tertiary/aromatic N) is 1. The minimum Gasteiger partial charge on any atom is -0.457 e. The first-order valence-electron chi connectivity index (χ1n) is 11.0. The Morgan fingerprint density at radius 3 is 2.28 bits per heavy atom. The lowest BCUT2D eigenvalue weighted by molar-refractivity contribution is -0.117. The van der Waals surface area contributed by atoms with Crippen LogP contribution in [0.4, 0.5) is 11.4 Å². The van der Waals surface area contributed by atoms with E-state index in [0.29, 0.717) is 12.6 Å². The number of amides is 1. The van der Waals surface area contributed by atoms with E-state index in [9.17, 15) is 9.90 Å². The van der Waals surface area contributed by atoms with E-state index in [2.05, 4.69) is 15.5 Å². The number of carbonyl (C=O) groups excluding carboxylic acids is 1. The fraction of sp³-hybridized carbons (Fsp3) is 0.269. The van der Waals surface area contributed by atoms with Gasteiger partial charge in [0.15, 0.2) is 0 Å². The van der Waals surface area contributed by atoms with E-state index in [0.717, 1.165) is 54.4 Å². The van der Waals surface area contributed by atoms with Crippen LogP contribution in [0.25, 0.3) is 0 Å². The predicted molar refractivity (Wildman–Crippen MR) is 127 cm³/mol. The van der Waals surface area contributed by atoms with Crippen LogP contribution >= 0.6 is 0 Å². The van der Waals surface area contributed by atoms with Crippen molar-refractivity contribution in [3.63, 3.8) is 0 Å². The van der Waals surface area contributed by atoms with Gasteiger partial charge in [0.2, 0.25) is 5.91 Å². The standard InChI is InChI=1S/C26H29N3O3/c30-19-20-6-4-5-9-25(20)27-22-14-16-29(17-15-22)18-26(31)28-21-10-12-24(13-11-21)32-23-7-2-1-3-8-23/h1-13,22,27,30H,14-19H2,(H,28,31). The van der Waals surface area contributed by atoms with Gasteiger partial charge in [-0.3, -0.25) is 9.69 Å². The maximum Gasteiger partial charge on any atom is 0.238 e. The Morgan fingerprint density at radius 2 is 1.56 bits per heavy atom. The summed E-state index contributed by atoms with van der Waals surface area (Å²) in [4.78, 5) is 14.7. The summed E-state index contributed by atoms with van der Waals surface area (Å²) in [6, 6.07) is 25.2. The number of rotatable bonds is 8. The van der Waals surface area contributed by atoms with Gasteiger partial charge in [-0.1, -0.05) is 36.4 Å². The van der Waals surface area contributed by atoms with Crippen LogP contribution in [0.2, 0.25) is 0 Å². The Labute approximate surface area is 188 Å². The molecule has 3 aromatic rings. The van der Waals surface area contributed by atoms with E-state index in [-0.39, 0.29) is 12.5 Å². The molecule has 1 aliphatic rings. The molecule has 1 fully saturated rings. The van der Waals surface area contributed by atoms with Crippen LogP contribution in [0.5, 0.6) is 11.5 Å². The van der Waals surface area contributed by atoms with Crippen molar-refractivity contribution in [1.82, 2.24) is 4.90 Å². The van der Waals surface area contributed by atoms with Crippen LogP contribution < -0.4 is 15.4 Å². The van der Waals surface area contributed by atoms with Gasteiger partial charge in [-0.25, -0.2) is 0 Å². The zero-order chi connectivity index (χ0) is 22.2. The largest absolute Gasteiger partial charge is 0.457 e. The Hall–Kier alpha value is -3.35. The Morgan fingerprint density at radius 1 is 0.906 bits per heavy atom. The highest BCUT2D eigenvalue weighted by molar-refractivity contribution is 5.92. The zero-order valence-corrected chi connectivity index (χ0v) is 18.0. The summed E-state index contributed by atoms with van der Waals surface area (Å²) in [6.45, 7) is 2.12. The second-order valence-corrected chi connectivity index (χ2v) is 8.00. The van der Waals surface area contributed by atoms with Crippen molar-refractivity contribution >= 4 is 17.3 Å². The maximum absolute atomic E-state index is 12.5. The van der Waals surface area contributed by atoms with Gasteiger partial charge in [0.05, 0.1) is 13.2 Å². The van der Waals surface area contributed by atoms with E-state index in [1.165, 1.54) is 0 Å².